The van der Waals surface area contributed by atoms with Crippen LogP contribution in [0.5, 0.6) is 0 Å². The van der Waals surface area contributed by atoms with E-state index in [4.69, 9.17) is 9.88 Å². The number of nitrogens with two attached hydrogens (primary N) is 1. The summed E-state index contributed by atoms with van der Waals surface area (Å²) in [6.45, 7) is 4.80. The van der Waals surface area contributed by atoms with Gasteiger partial charge in [0.1, 0.15) is 0 Å². The lowest BCUT2D eigenvalue weighted by molar-refractivity contribution is -0.153. The van der Waals surface area contributed by atoms with Gasteiger partial charge in [-0.25, -0.2) is 13.6 Å². The van der Waals surface area contributed by atoms with Gasteiger partial charge in [0, 0.05) is 0 Å². The largest absolute Gasteiger partial charge is 0.455 e. The maximum atomic E-state index is 12.4. The predicted octanol–water partition coefficient (Wildman–Crippen LogP) is 2.03. The topological polar surface area (TPSA) is 116 Å². The van der Waals surface area contributed by atoms with E-state index in [1.807, 2.05) is 30.3 Å². The van der Waals surface area contributed by atoms with Crippen LogP contribution in [-0.4, -0.2) is 26.9 Å². The minimum Gasteiger partial charge on any atom is -0.455 e. The summed E-state index contributed by atoms with van der Waals surface area (Å²) in [5.74, 6) is -0.959. The summed E-state index contributed by atoms with van der Waals surface area (Å²) in [6, 6.07) is 14.6. The molecule has 0 aromatic heterocycles. The van der Waals surface area contributed by atoms with Gasteiger partial charge in [0.15, 0.2) is 6.61 Å². The molecule has 28 heavy (non-hydrogen) atoms. The SMILES string of the molecule is C[C@@H](NC(=O)COC(=O)C(C)(C)c1ccccc1)c1ccc(S(N)(=O)=O)cc1. The third-order valence-electron chi connectivity index (χ3n) is 4.43. The Balaban J connectivity index is 1.92. The molecule has 1 atom stereocenters. The van der Waals surface area contributed by atoms with E-state index in [0.717, 1.165) is 5.56 Å². The van der Waals surface area contributed by atoms with Gasteiger partial charge in [-0.2, -0.15) is 0 Å². The van der Waals surface area contributed by atoms with Gasteiger partial charge in [-0.1, -0.05) is 42.5 Å². The Bertz CT molecular complexity index is 938. The van der Waals surface area contributed by atoms with Crippen molar-refractivity contribution < 1.29 is 22.7 Å². The number of nitrogens with one attached hydrogen (secondary N) is 1. The Morgan fingerprint density at radius 2 is 1.64 bits per heavy atom. The van der Waals surface area contributed by atoms with Gasteiger partial charge in [-0.3, -0.25) is 9.59 Å². The van der Waals surface area contributed by atoms with Crippen LogP contribution in [0.2, 0.25) is 0 Å². The average molecular weight is 404 g/mol. The lowest BCUT2D eigenvalue weighted by Gasteiger charge is -2.23. The van der Waals surface area contributed by atoms with Crippen molar-refractivity contribution in [1.29, 1.82) is 0 Å². The summed E-state index contributed by atoms with van der Waals surface area (Å²) in [6.07, 6.45) is 0. The number of carbonyl (C=O) groups is 2. The van der Waals surface area contributed by atoms with Gasteiger partial charge in [0.2, 0.25) is 10.0 Å². The molecule has 3 N–H and O–H groups in total. The van der Waals surface area contributed by atoms with Crippen molar-refractivity contribution in [2.24, 2.45) is 5.14 Å². The van der Waals surface area contributed by atoms with E-state index in [9.17, 15) is 18.0 Å². The van der Waals surface area contributed by atoms with Crippen molar-refractivity contribution in [1.82, 2.24) is 5.32 Å². The number of ether oxygens (including phenoxy) is 1. The minimum atomic E-state index is -3.77. The normalized spacial score (nSPS) is 12.9. The van der Waals surface area contributed by atoms with E-state index >= 15 is 0 Å². The van der Waals surface area contributed by atoms with Gasteiger partial charge in [-0.15, -0.1) is 0 Å². The number of benzene rings is 2. The molecule has 150 valence electrons. The van der Waals surface area contributed by atoms with Gasteiger partial charge in [0.25, 0.3) is 5.91 Å². The second-order valence-electron chi connectivity index (χ2n) is 6.97. The Morgan fingerprint density at radius 3 is 2.18 bits per heavy atom. The molecule has 0 spiro atoms. The van der Waals surface area contributed by atoms with Crippen molar-refractivity contribution in [3.8, 4) is 0 Å². The van der Waals surface area contributed by atoms with E-state index < -0.39 is 40.0 Å². The fourth-order valence-electron chi connectivity index (χ4n) is 2.60. The maximum absolute atomic E-state index is 12.4. The lowest BCUT2D eigenvalue weighted by atomic mass is 9.85. The molecule has 0 aliphatic carbocycles. The summed E-state index contributed by atoms with van der Waals surface area (Å²) in [7, 11) is -3.77. The molecule has 7 nitrogen and oxygen atoms in total. The number of carbonyl (C=O) groups excluding carboxylic acids is 2. The second-order valence-corrected chi connectivity index (χ2v) is 8.53. The standard InChI is InChI=1S/C20H24N2O5S/c1-14(15-9-11-17(12-10-15)28(21,25)26)22-18(23)13-27-19(24)20(2,3)16-7-5-4-6-8-16/h4-12,14H,13H2,1-3H3,(H,22,23)(H2,21,25,26)/t14-/m1/s1. The zero-order chi connectivity index (χ0) is 20.9. The zero-order valence-corrected chi connectivity index (χ0v) is 16.8. The molecule has 1 amide bonds. The summed E-state index contributed by atoms with van der Waals surface area (Å²) >= 11 is 0. The molecule has 0 saturated carbocycles. The highest BCUT2D eigenvalue weighted by molar-refractivity contribution is 7.89. The van der Waals surface area contributed by atoms with Gasteiger partial charge in [-0.05, 0) is 44.0 Å². The van der Waals surface area contributed by atoms with Crippen LogP contribution in [0.4, 0.5) is 0 Å². The number of hydrogen-bond donors (Lipinski definition) is 2. The van der Waals surface area contributed by atoms with Gasteiger partial charge < -0.3 is 10.1 Å². The van der Waals surface area contributed by atoms with E-state index in [0.29, 0.717) is 5.56 Å². The van der Waals surface area contributed by atoms with Crippen molar-refractivity contribution in [2.45, 2.75) is 37.1 Å². The predicted molar refractivity (Wildman–Crippen MR) is 105 cm³/mol. The molecule has 0 saturated heterocycles. The summed E-state index contributed by atoms with van der Waals surface area (Å²) < 4.78 is 27.7. The minimum absolute atomic E-state index is 0.00755. The van der Waals surface area contributed by atoms with Crippen molar-refractivity contribution >= 4 is 21.9 Å². The van der Waals surface area contributed by atoms with E-state index in [1.165, 1.54) is 12.1 Å². The molecule has 2 aromatic rings. The second kappa shape index (κ2) is 8.53. The average Bonchev–Trinajstić information content (AvgIpc) is 2.66. The highest BCUT2D eigenvalue weighted by Gasteiger charge is 2.31. The summed E-state index contributed by atoms with van der Waals surface area (Å²) in [4.78, 5) is 24.5. The number of sulfonamides is 1. The first-order valence-electron chi connectivity index (χ1n) is 8.66. The first-order valence-corrected chi connectivity index (χ1v) is 10.2. The van der Waals surface area contributed by atoms with Gasteiger partial charge in [0.05, 0.1) is 16.4 Å². The van der Waals surface area contributed by atoms with Crippen molar-refractivity contribution in [3.05, 3.63) is 65.7 Å². The molecule has 0 aliphatic heterocycles. The Hall–Kier alpha value is -2.71. The molecular formula is C20H24N2O5S. The van der Waals surface area contributed by atoms with Crippen LogP contribution in [0, 0.1) is 0 Å². The highest BCUT2D eigenvalue weighted by atomic mass is 32.2. The molecule has 0 unspecified atom stereocenters. The quantitative estimate of drug-likeness (QED) is 0.685. The van der Waals surface area contributed by atoms with Crippen LogP contribution in [0.25, 0.3) is 0 Å². The van der Waals surface area contributed by atoms with E-state index in [-0.39, 0.29) is 4.90 Å². The van der Waals surface area contributed by atoms with E-state index in [1.54, 1.807) is 32.9 Å². The Morgan fingerprint density at radius 1 is 1.07 bits per heavy atom. The molecule has 0 fully saturated rings. The first-order chi connectivity index (χ1) is 13.0. The van der Waals surface area contributed by atoms with Gasteiger partial charge >= 0.3 is 5.97 Å². The summed E-state index contributed by atoms with van der Waals surface area (Å²) in [5, 5.41) is 7.77. The number of amides is 1. The Labute approximate surface area is 164 Å². The van der Waals surface area contributed by atoms with Crippen LogP contribution >= 0.6 is 0 Å². The Kier molecular flexibility index (Phi) is 6.58. The lowest BCUT2D eigenvalue weighted by Crippen LogP contribution is -2.36. The molecule has 0 bridgehead atoms. The molecule has 8 heteroatoms. The fraction of sp³-hybridized carbons (Fsp3) is 0.300. The van der Waals surface area contributed by atoms with Crippen LogP contribution in [0.1, 0.15) is 37.9 Å². The van der Waals surface area contributed by atoms with Crippen LogP contribution in [-0.2, 0) is 29.8 Å². The van der Waals surface area contributed by atoms with Crippen LogP contribution < -0.4 is 10.5 Å². The van der Waals surface area contributed by atoms with E-state index in [2.05, 4.69) is 5.32 Å². The fourth-order valence-corrected chi connectivity index (χ4v) is 3.11. The molecule has 2 rings (SSSR count). The third kappa shape index (κ3) is 5.40. The smallest absolute Gasteiger partial charge is 0.316 e. The number of esters is 1. The third-order valence-corrected chi connectivity index (χ3v) is 5.36. The van der Waals surface area contributed by atoms with Crippen molar-refractivity contribution in [2.75, 3.05) is 6.61 Å². The molecule has 2 aromatic carbocycles. The molecule has 0 radical (unpaired) electrons. The highest BCUT2D eigenvalue weighted by Crippen LogP contribution is 2.24. The monoisotopic (exact) mass is 404 g/mol. The maximum Gasteiger partial charge on any atom is 0.316 e. The van der Waals surface area contributed by atoms with Crippen LogP contribution in [0.3, 0.4) is 0 Å². The number of rotatable bonds is 7. The summed E-state index contributed by atoms with van der Waals surface area (Å²) in [5.41, 5.74) is 0.608. The first kappa shape index (κ1) is 21.6. The van der Waals surface area contributed by atoms with Crippen molar-refractivity contribution in [3.63, 3.8) is 0 Å². The molecule has 0 aliphatic rings. The van der Waals surface area contributed by atoms with Crippen LogP contribution in [0.15, 0.2) is 59.5 Å². The number of primary sulfonamides is 1. The number of hydrogen-bond acceptors (Lipinski definition) is 5. The zero-order valence-electron chi connectivity index (χ0n) is 16.0. The molecule has 0 heterocycles. The molecular weight excluding hydrogens is 380 g/mol.